The number of benzene rings is 8. The van der Waals surface area contributed by atoms with Crippen LogP contribution in [0.4, 0.5) is 0 Å². The van der Waals surface area contributed by atoms with E-state index in [0.29, 0.717) is 0 Å². The van der Waals surface area contributed by atoms with Crippen molar-refractivity contribution in [1.82, 2.24) is 0 Å². The van der Waals surface area contributed by atoms with Gasteiger partial charge in [0.2, 0.25) is 0 Å². The van der Waals surface area contributed by atoms with Gasteiger partial charge in [0.05, 0.1) is 0 Å². The van der Waals surface area contributed by atoms with Crippen LogP contribution < -0.4 is 0 Å². The highest BCUT2D eigenvalue weighted by atomic mass is 14.2. The third-order valence-electron chi connectivity index (χ3n) is 10.5. The number of aryl methyl sites for hydroxylation is 2. The van der Waals surface area contributed by atoms with Gasteiger partial charge < -0.3 is 0 Å². The minimum Gasteiger partial charge on any atom is -0.0622 e. The lowest BCUT2D eigenvalue weighted by molar-refractivity contribution is 1.42. The topological polar surface area (TPSA) is 0 Å². The van der Waals surface area contributed by atoms with Crippen molar-refractivity contribution in [2.75, 3.05) is 0 Å². The molecule has 0 spiro atoms. The molecule has 0 aliphatic rings. The molecule has 0 radical (unpaired) electrons. The largest absolute Gasteiger partial charge is 0.0622 e. The van der Waals surface area contributed by atoms with Gasteiger partial charge in [-0.2, -0.15) is 0 Å². The fourth-order valence-corrected chi connectivity index (χ4v) is 7.51. The Bertz CT molecular complexity index is 2740. The predicted molar refractivity (Wildman–Crippen MR) is 244 cm³/mol. The molecule has 0 heteroatoms. The van der Waals surface area contributed by atoms with Crippen LogP contribution in [0.15, 0.2) is 194 Å². The van der Waals surface area contributed by atoms with Gasteiger partial charge in [-0.05, 0) is 115 Å². The fourth-order valence-electron chi connectivity index (χ4n) is 7.51. The fraction of sp³-hybridized carbons (Fsp3) is 0.0357. The van der Waals surface area contributed by atoms with E-state index in [4.69, 9.17) is 0 Å². The molecule has 0 atom stereocenters. The van der Waals surface area contributed by atoms with E-state index >= 15 is 0 Å². The van der Waals surface area contributed by atoms with Crippen LogP contribution in [0.2, 0.25) is 0 Å². The molecule has 0 nitrogen and oxygen atoms in total. The van der Waals surface area contributed by atoms with Gasteiger partial charge in [-0.15, -0.1) is 0 Å². The zero-order chi connectivity index (χ0) is 38.1. The van der Waals surface area contributed by atoms with Crippen LogP contribution in [0.5, 0.6) is 0 Å². The molecular weight excluding hydrogens is 673 g/mol. The van der Waals surface area contributed by atoms with E-state index in [1.54, 1.807) is 0 Å². The van der Waals surface area contributed by atoms with Crippen molar-refractivity contribution in [3.63, 3.8) is 0 Å². The van der Waals surface area contributed by atoms with E-state index in [2.05, 4.69) is 244 Å². The molecule has 0 N–H and O–H groups in total. The average Bonchev–Trinajstić information content (AvgIpc) is 3.25. The SMILES string of the molecule is Cc1ccccc1C(=Cc1ccccc1C=Cc1ccc2ccccc2c1C=Cc1ccccc1C=C(c1ccccc1)c1ccccc1C)c1ccccc1. The van der Waals surface area contributed by atoms with Crippen LogP contribution in [-0.2, 0) is 0 Å². The summed E-state index contributed by atoms with van der Waals surface area (Å²) in [4.78, 5) is 0. The first-order valence-corrected chi connectivity index (χ1v) is 19.3. The summed E-state index contributed by atoms with van der Waals surface area (Å²) in [5.41, 5.74) is 16.9. The van der Waals surface area contributed by atoms with Crippen molar-refractivity contribution in [2.24, 2.45) is 0 Å². The third kappa shape index (κ3) is 8.06. The van der Waals surface area contributed by atoms with Crippen molar-refractivity contribution < 1.29 is 0 Å². The molecule has 56 heavy (non-hydrogen) atoms. The van der Waals surface area contributed by atoms with Gasteiger partial charge >= 0.3 is 0 Å². The maximum atomic E-state index is 2.34. The Labute approximate surface area is 331 Å². The lowest BCUT2D eigenvalue weighted by Crippen LogP contribution is -1.92. The van der Waals surface area contributed by atoms with E-state index in [-0.39, 0.29) is 0 Å². The molecule has 0 aliphatic carbocycles. The molecule has 0 aliphatic heterocycles. The average molecular weight is 717 g/mol. The lowest BCUT2D eigenvalue weighted by atomic mass is 9.91. The van der Waals surface area contributed by atoms with E-state index in [1.807, 2.05) is 0 Å². The lowest BCUT2D eigenvalue weighted by Gasteiger charge is -2.13. The number of rotatable bonds is 10. The van der Waals surface area contributed by atoms with Crippen LogP contribution in [0.25, 0.3) is 58.4 Å². The van der Waals surface area contributed by atoms with Gasteiger partial charge in [0, 0.05) is 0 Å². The Balaban J connectivity index is 1.21. The second kappa shape index (κ2) is 17.0. The second-order valence-corrected chi connectivity index (χ2v) is 14.2. The van der Waals surface area contributed by atoms with Crippen molar-refractivity contribution in [2.45, 2.75) is 13.8 Å². The summed E-state index contributed by atoms with van der Waals surface area (Å²) in [6.45, 7) is 4.38. The summed E-state index contributed by atoms with van der Waals surface area (Å²) < 4.78 is 0. The molecule has 8 aromatic carbocycles. The molecule has 0 saturated carbocycles. The molecular formula is C56H44. The highest BCUT2D eigenvalue weighted by molar-refractivity contribution is 6.00. The van der Waals surface area contributed by atoms with Crippen LogP contribution >= 0.6 is 0 Å². The van der Waals surface area contributed by atoms with E-state index in [9.17, 15) is 0 Å². The normalized spacial score (nSPS) is 12.2. The van der Waals surface area contributed by atoms with Crippen molar-refractivity contribution in [3.05, 3.63) is 261 Å². The third-order valence-corrected chi connectivity index (χ3v) is 10.5. The standard InChI is InChI=1S/C56H44/c1-41-19-9-16-30-51(41)55(45-23-5-3-6-24-45)39-49-28-13-11-21-43(49)33-34-48-36-35-47-27-15-18-32-53(47)54(48)38-37-44-22-12-14-29-50(44)40-56(46-25-7-4-8-26-46)52-31-17-10-20-42(52)2/h3-40H,1-2H3. The Kier molecular flexibility index (Phi) is 10.9. The van der Waals surface area contributed by atoms with Crippen molar-refractivity contribution >= 4 is 58.4 Å². The number of hydrogen-bond acceptors (Lipinski definition) is 0. The Morgan fingerprint density at radius 1 is 0.321 bits per heavy atom. The first-order chi connectivity index (χ1) is 27.6. The molecule has 0 heterocycles. The molecule has 0 saturated heterocycles. The van der Waals surface area contributed by atoms with Gasteiger partial charge in [-0.1, -0.05) is 218 Å². The second-order valence-electron chi connectivity index (χ2n) is 14.2. The Hall–Kier alpha value is -7.02. The number of fused-ring (bicyclic) bond motifs is 1. The van der Waals surface area contributed by atoms with Crippen LogP contribution in [0.1, 0.15) is 66.8 Å². The first-order valence-electron chi connectivity index (χ1n) is 19.3. The molecule has 268 valence electrons. The molecule has 0 aromatic heterocycles. The summed E-state index contributed by atoms with van der Waals surface area (Å²) in [5, 5.41) is 2.44. The Morgan fingerprint density at radius 2 is 0.732 bits per heavy atom. The minimum absolute atomic E-state index is 1.16. The zero-order valence-electron chi connectivity index (χ0n) is 31.9. The summed E-state index contributed by atoms with van der Waals surface area (Å²) >= 11 is 0. The molecule has 8 rings (SSSR count). The van der Waals surface area contributed by atoms with Gasteiger partial charge in [0.25, 0.3) is 0 Å². The first kappa shape index (κ1) is 36.0. The van der Waals surface area contributed by atoms with Crippen LogP contribution in [0, 0.1) is 13.8 Å². The highest BCUT2D eigenvalue weighted by Crippen LogP contribution is 2.33. The summed E-state index contributed by atoms with van der Waals surface area (Å²) in [5.74, 6) is 0. The van der Waals surface area contributed by atoms with E-state index in [1.165, 1.54) is 77.6 Å². The smallest absolute Gasteiger partial charge is 0.0103 e. The van der Waals surface area contributed by atoms with Crippen LogP contribution in [0.3, 0.4) is 0 Å². The molecule has 0 fully saturated rings. The summed E-state index contributed by atoms with van der Waals surface area (Å²) in [7, 11) is 0. The van der Waals surface area contributed by atoms with Gasteiger partial charge in [0.15, 0.2) is 0 Å². The van der Waals surface area contributed by atoms with Crippen LogP contribution in [-0.4, -0.2) is 0 Å². The maximum absolute atomic E-state index is 2.34. The minimum atomic E-state index is 1.16. The van der Waals surface area contributed by atoms with Crippen molar-refractivity contribution in [3.8, 4) is 0 Å². The van der Waals surface area contributed by atoms with Gasteiger partial charge in [0.1, 0.15) is 0 Å². The maximum Gasteiger partial charge on any atom is -0.0103 e. The van der Waals surface area contributed by atoms with Crippen molar-refractivity contribution in [1.29, 1.82) is 0 Å². The van der Waals surface area contributed by atoms with E-state index < -0.39 is 0 Å². The van der Waals surface area contributed by atoms with E-state index in [0.717, 1.165) is 11.1 Å². The molecule has 8 aromatic rings. The number of hydrogen-bond donors (Lipinski definition) is 0. The predicted octanol–water partition coefficient (Wildman–Crippen LogP) is 15.0. The molecule has 0 amide bonds. The Morgan fingerprint density at radius 3 is 1.27 bits per heavy atom. The molecule has 0 unspecified atom stereocenters. The summed E-state index contributed by atoms with van der Waals surface area (Å²) in [6, 6.07) is 69.2. The quantitative estimate of drug-likeness (QED) is 0.124. The summed E-state index contributed by atoms with van der Waals surface area (Å²) in [6.07, 6.45) is 13.8. The molecule has 0 bridgehead atoms. The van der Waals surface area contributed by atoms with Gasteiger partial charge in [-0.3, -0.25) is 0 Å². The van der Waals surface area contributed by atoms with Gasteiger partial charge in [-0.25, -0.2) is 0 Å². The highest BCUT2D eigenvalue weighted by Gasteiger charge is 2.11. The zero-order valence-corrected chi connectivity index (χ0v) is 31.9. The monoisotopic (exact) mass is 716 g/mol.